The van der Waals surface area contributed by atoms with Crippen molar-refractivity contribution in [1.29, 1.82) is 0 Å². The lowest BCUT2D eigenvalue weighted by atomic mass is 10.1. The Morgan fingerprint density at radius 2 is 2.11 bits per heavy atom. The summed E-state index contributed by atoms with van der Waals surface area (Å²) >= 11 is 0. The summed E-state index contributed by atoms with van der Waals surface area (Å²) in [6.07, 6.45) is 6.95. The molecule has 0 bridgehead atoms. The van der Waals surface area contributed by atoms with Gasteiger partial charge < -0.3 is 10.1 Å². The fraction of sp³-hybridized carbons (Fsp3) is 1.00. The van der Waals surface area contributed by atoms with Crippen molar-refractivity contribution in [3.8, 4) is 0 Å². The Hall–Kier alpha value is -0.120. The fourth-order valence-corrected chi connectivity index (χ4v) is 2.67. The minimum Gasteiger partial charge on any atom is -0.376 e. The monoisotopic (exact) mass is 270 g/mol. The van der Waals surface area contributed by atoms with Gasteiger partial charge in [0.05, 0.1) is 12.7 Å². The van der Waals surface area contributed by atoms with Crippen molar-refractivity contribution in [2.75, 3.05) is 39.3 Å². The highest BCUT2D eigenvalue weighted by molar-refractivity contribution is 4.73. The molecule has 1 N–H and O–H groups in total. The van der Waals surface area contributed by atoms with Crippen LogP contribution < -0.4 is 5.32 Å². The molecule has 0 aromatic rings. The van der Waals surface area contributed by atoms with Gasteiger partial charge in [0.25, 0.3) is 0 Å². The minimum absolute atomic E-state index is 0.483. The Morgan fingerprint density at radius 1 is 1.26 bits per heavy atom. The number of ether oxygens (including phenoxy) is 1. The molecule has 1 heterocycles. The average Bonchev–Trinajstić information content (AvgIpc) is 2.43. The van der Waals surface area contributed by atoms with E-state index in [1.807, 2.05) is 0 Å². The van der Waals surface area contributed by atoms with Gasteiger partial charge in [0.15, 0.2) is 0 Å². The predicted molar refractivity (Wildman–Crippen MR) is 82.6 cm³/mol. The van der Waals surface area contributed by atoms with Gasteiger partial charge >= 0.3 is 0 Å². The molecule has 3 nitrogen and oxygen atoms in total. The first-order valence-electron chi connectivity index (χ1n) is 8.30. The van der Waals surface area contributed by atoms with Crippen LogP contribution in [0.1, 0.15) is 52.9 Å². The van der Waals surface area contributed by atoms with Crippen molar-refractivity contribution in [2.45, 2.75) is 59.0 Å². The second-order valence-corrected chi connectivity index (χ2v) is 5.97. The van der Waals surface area contributed by atoms with Gasteiger partial charge in [0, 0.05) is 19.6 Å². The van der Waals surface area contributed by atoms with Crippen LogP contribution in [-0.2, 0) is 4.74 Å². The minimum atomic E-state index is 0.483. The van der Waals surface area contributed by atoms with Crippen LogP contribution in [0.25, 0.3) is 0 Å². The van der Waals surface area contributed by atoms with E-state index in [2.05, 4.69) is 31.0 Å². The summed E-state index contributed by atoms with van der Waals surface area (Å²) in [5, 5.41) is 3.38. The van der Waals surface area contributed by atoms with Gasteiger partial charge in [-0.05, 0) is 31.8 Å². The highest BCUT2D eigenvalue weighted by Crippen LogP contribution is 2.14. The molecule has 1 saturated heterocycles. The second kappa shape index (κ2) is 10.6. The zero-order valence-electron chi connectivity index (χ0n) is 13.3. The van der Waals surface area contributed by atoms with E-state index < -0.39 is 0 Å². The Labute approximate surface area is 120 Å². The zero-order chi connectivity index (χ0) is 13.9. The Bertz CT molecular complexity index is 211. The smallest absolute Gasteiger partial charge is 0.0702 e. The molecule has 1 aliphatic heterocycles. The lowest BCUT2D eigenvalue weighted by Gasteiger charge is -2.34. The van der Waals surface area contributed by atoms with Crippen LogP contribution in [0.3, 0.4) is 0 Å². The van der Waals surface area contributed by atoms with E-state index in [1.165, 1.54) is 45.2 Å². The molecule has 0 spiro atoms. The molecule has 19 heavy (non-hydrogen) atoms. The van der Waals surface area contributed by atoms with Gasteiger partial charge in [-0.15, -0.1) is 0 Å². The summed E-state index contributed by atoms with van der Waals surface area (Å²) in [5.41, 5.74) is 0. The van der Waals surface area contributed by atoms with Gasteiger partial charge in [0.2, 0.25) is 0 Å². The summed E-state index contributed by atoms with van der Waals surface area (Å²) < 4.78 is 5.89. The summed E-state index contributed by atoms with van der Waals surface area (Å²) in [6.45, 7) is 13.5. The molecule has 1 unspecified atom stereocenters. The molecular weight excluding hydrogens is 236 g/mol. The van der Waals surface area contributed by atoms with E-state index in [9.17, 15) is 0 Å². The van der Waals surface area contributed by atoms with Gasteiger partial charge in [-0.25, -0.2) is 0 Å². The van der Waals surface area contributed by atoms with Crippen molar-refractivity contribution in [3.63, 3.8) is 0 Å². The third-order valence-electron chi connectivity index (χ3n) is 4.12. The summed E-state index contributed by atoms with van der Waals surface area (Å²) in [4.78, 5) is 2.60. The predicted octanol–water partition coefficient (Wildman–Crippen LogP) is 2.90. The molecule has 1 fully saturated rings. The summed E-state index contributed by atoms with van der Waals surface area (Å²) in [7, 11) is 0. The number of nitrogens with zero attached hydrogens (tertiary/aromatic N) is 1. The lowest BCUT2D eigenvalue weighted by molar-refractivity contribution is -0.0367. The van der Waals surface area contributed by atoms with Crippen molar-refractivity contribution < 1.29 is 4.74 Å². The molecule has 0 aromatic carbocycles. The number of rotatable bonds is 10. The molecule has 114 valence electrons. The van der Waals surface area contributed by atoms with Crippen molar-refractivity contribution in [3.05, 3.63) is 0 Å². The highest BCUT2D eigenvalue weighted by atomic mass is 16.5. The maximum absolute atomic E-state index is 5.89. The molecule has 1 aliphatic rings. The highest BCUT2D eigenvalue weighted by Gasteiger charge is 2.20. The fourth-order valence-electron chi connectivity index (χ4n) is 2.67. The van der Waals surface area contributed by atoms with E-state index >= 15 is 0 Å². The molecule has 1 rings (SSSR count). The molecule has 0 radical (unpaired) electrons. The number of nitrogens with one attached hydrogen (secondary N) is 1. The van der Waals surface area contributed by atoms with E-state index in [4.69, 9.17) is 4.74 Å². The van der Waals surface area contributed by atoms with Gasteiger partial charge in [0.1, 0.15) is 0 Å². The number of hydrogen-bond donors (Lipinski definition) is 1. The SMILES string of the molecule is CCNCCCCC[C@@H]1CN(CC(C)CC)CCO1. The van der Waals surface area contributed by atoms with Crippen LogP contribution in [0.15, 0.2) is 0 Å². The van der Waals surface area contributed by atoms with Crippen molar-refractivity contribution >= 4 is 0 Å². The summed E-state index contributed by atoms with van der Waals surface area (Å²) in [5.74, 6) is 0.818. The molecule has 0 aliphatic carbocycles. The van der Waals surface area contributed by atoms with E-state index in [1.54, 1.807) is 0 Å². The van der Waals surface area contributed by atoms with E-state index in [-0.39, 0.29) is 0 Å². The number of unbranched alkanes of at least 4 members (excludes halogenated alkanes) is 2. The van der Waals surface area contributed by atoms with Crippen LogP contribution in [0.4, 0.5) is 0 Å². The van der Waals surface area contributed by atoms with Crippen LogP contribution in [0.5, 0.6) is 0 Å². The molecule has 0 amide bonds. The summed E-state index contributed by atoms with van der Waals surface area (Å²) in [6, 6.07) is 0. The molecule has 0 saturated carbocycles. The van der Waals surface area contributed by atoms with Gasteiger partial charge in [-0.1, -0.05) is 40.0 Å². The third-order valence-corrected chi connectivity index (χ3v) is 4.12. The third kappa shape index (κ3) is 7.91. The maximum Gasteiger partial charge on any atom is 0.0702 e. The van der Waals surface area contributed by atoms with Crippen LogP contribution in [-0.4, -0.2) is 50.3 Å². The zero-order valence-corrected chi connectivity index (χ0v) is 13.3. The second-order valence-electron chi connectivity index (χ2n) is 5.97. The average molecular weight is 270 g/mol. The first-order valence-corrected chi connectivity index (χ1v) is 8.30. The Kier molecular flexibility index (Phi) is 9.48. The van der Waals surface area contributed by atoms with Crippen LogP contribution in [0.2, 0.25) is 0 Å². The Balaban J connectivity index is 2.06. The standard InChI is InChI=1S/C16H34N2O/c1-4-15(3)13-18-11-12-19-16(14-18)9-7-6-8-10-17-5-2/h15-17H,4-14H2,1-3H3/t15?,16-/m1/s1. The lowest BCUT2D eigenvalue weighted by Crippen LogP contribution is -2.44. The largest absolute Gasteiger partial charge is 0.376 e. The Morgan fingerprint density at radius 3 is 2.84 bits per heavy atom. The quantitative estimate of drug-likeness (QED) is 0.618. The molecule has 0 aromatic heterocycles. The van der Waals surface area contributed by atoms with E-state index in [0.717, 1.165) is 32.2 Å². The topological polar surface area (TPSA) is 24.5 Å². The van der Waals surface area contributed by atoms with Crippen LogP contribution >= 0.6 is 0 Å². The first kappa shape index (κ1) is 16.9. The molecule has 2 atom stereocenters. The van der Waals surface area contributed by atoms with Crippen LogP contribution in [0, 0.1) is 5.92 Å². The maximum atomic E-state index is 5.89. The van der Waals surface area contributed by atoms with Crippen molar-refractivity contribution in [2.24, 2.45) is 5.92 Å². The molecular formula is C16H34N2O. The van der Waals surface area contributed by atoms with Crippen molar-refractivity contribution in [1.82, 2.24) is 10.2 Å². The number of hydrogen-bond acceptors (Lipinski definition) is 3. The first-order chi connectivity index (χ1) is 9.26. The van der Waals surface area contributed by atoms with Gasteiger partial charge in [-0.2, -0.15) is 0 Å². The molecule has 3 heteroatoms. The van der Waals surface area contributed by atoms with Gasteiger partial charge in [-0.3, -0.25) is 4.90 Å². The van der Waals surface area contributed by atoms with E-state index in [0.29, 0.717) is 6.10 Å². The normalized spacial score (nSPS) is 22.6. The number of morpholine rings is 1.